The van der Waals surface area contributed by atoms with Crippen LogP contribution in [0.5, 0.6) is 11.5 Å². The molecule has 0 fully saturated rings. The van der Waals surface area contributed by atoms with Gasteiger partial charge in [0.25, 0.3) is 40.3 Å². The molecule has 0 aliphatic heterocycles. The van der Waals surface area contributed by atoms with Gasteiger partial charge in [-0.15, -0.1) is 0 Å². The molecule has 56 heavy (non-hydrogen) atoms. The molecule has 0 aliphatic carbocycles. The Balaban J connectivity index is 1.26. The predicted octanol–water partition coefficient (Wildman–Crippen LogP) is 5.76. The standard InChI is InChI=1S/C35H30N4O13S4/c1-19-9-11-23(15-31(19)53(43,44)38-27-17-25(55(47,48)49)13-21-5-3-7-29(40)33(21)27)36-35(42)37-24-12-10-20(2)32(16-24)54(45,46)39-28-18-26(56(50,51)52)14-22-6-4-8-30(41)34(22)28/h3-18,38-41H,1-2H3,(H2,36,37,42)(H,47,48,49)(H,50,51,52). The van der Waals surface area contributed by atoms with Gasteiger partial charge in [0.1, 0.15) is 11.5 Å². The predicted molar refractivity (Wildman–Crippen MR) is 207 cm³/mol. The van der Waals surface area contributed by atoms with Crippen molar-refractivity contribution in [2.75, 3.05) is 20.1 Å². The van der Waals surface area contributed by atoms with Crippen LogP contribution in [0.1, 0.15) is 11.1 Å². The Labute approximate surface area is 320 Å². The monoisotopic (exact) mass is 842 g/mol. The summed E-state index contributed by atoms with van der Waals surface area (Å²) in [5.74, 6) is -0.763. The van der Waals surface area contributed by atoms with Crippen molar-refractivity contribution in [2.45, 2.75) is 33.4 Å². The number of phenolic OH excluding ortho intramolecular Hbond substituents is 2. The molecule has 0 radical (unpaired) electrons. The Morgan fingerprint density at radius 1 is 0.518 bits per heavy atom. The van der Waals surface area contributed by atoms with E-state index in [0.717, 1.165) is 36.4 Å². The van der Waals surface area contributed by atoms with E-state index in [9.17, 15) is 57.8 Å². The summed E-state index contributed by atoms with van der Waals surface area (Å²) in [7, 11) is -18.7. The molecule has 0 saturated carbocycles. The van der Waals surface area contributed by atoms with E-state index in [1.165, 1.54) is 74.5 Å². The second kappa shape index (κ2) is 14.3. The molecule has 21 heteroatoms. The van der Waals surface area contributed by atoms with Crippen LogP contribution in [0.25, 0.3) is 21.5 Å². The van der Waals surface area contributed by atoms with Crippen LogP contribution in [0.2, 0.25) is 0 Å². The maximum Gasteiger partial charge on any atom is 0.323 e. The number of benzene rings is 6. The molecule has 6 aromatic carbocycles. The average Bonchev–Trinajstić information content (AvgIpc) is 3.08. The number of urea groups is 1. The SMILES string of the molecule is Cc1ccc(NC(=O)Nc2ccc(C)c(S(=O)(=O)Nc3cc(S(=O)(=O)O)cc4cccc(O)c34)c2)cc1S(=O)(=O)Nc1cc(S(=O)(=O)O)cc2cccc(O)c12. The zero-order valence-electron chi connectivity index (χ0n) is 28.8. The zero-order valence-corrected chi connectivity index (χ0v) is 32.1. The molecule has 0 heterocycles. The molecule has 292 valence electrons. The van der Waals surface area contributed by atoms with Gasteiger partial charge in [-0.25, -0.2) is 21.6 Å². The number of hydrogen-bond donors (Lipinski definition) is 8. The van der Waals surface area contributed by atoms with Crippen molar-refractivity contribution < 1.29 is 57.8 Å². The summed E-state index contributed by atoms with van der Waals surface area (Å²) in [6, 6.07) is 18.6. The Morgan fingerprint density at radius 2 is 0.893 bits per heavy atom. The first-order chi connectivity index (χ1) is 26.0. The number of aromatic hydroxyl groups is 2. The van der Waals surface area contributed by atoms with Crippen molar-refractivity contribution in [3.8, 4) is 11.5 Å². The Kier molecular flexibility index (Phi) is 10.1. The van der Waals surface area contributed by atoms with Crippen molar-refractivity contribution in [1.29, 1.82) is 0 Å². The molecule has 0 atom stereocenters. The summed E-state index contributed by atoms with van der Waals surface area (Å²) in [5, 5.41) is 26.0. The van der Waals surface area contributed by atoms with Crippen LogP contribution in [0, 0.1) is 13.8 Å². The highest BCUT2D eigenvalue weighted by atomic mass is 32.2. The van der Waals surface area contributed by atoms with Gasteiger partial charge in [0.05, 0.1) is 31.0 Å². The van der Waals surface area contributed by atoms with Crippen molar-refractivity contribution in [3.05, 3.63) is 108 Å². The molecule has 8 N–H and O–H groups in total. The third-order valence-electron chi connectivity index (χ3n) is 8.41. The number of amides is 2. The number of phenols is 2. The minimum absolute atomic E-state index is 0.0418. The summed E-state index contributed by atoms with van der Waals surface area (Å²) >= 11 is 0. The largest absolute Gasteiger partial charge is 0.507 e. The molecule has 6 aromatic rings. The smallest absolute Gasteiger partial charge is 0.323 e. The fraction of sp³-hybridized carbons (Fsp3) is 0.0571. The van der Waals surface area contributed by atoms with Crippen LogP contribution in [-0.2, 0) is 40.3 Å². The first kappa shape index (κ1) is 39.7. The normalized spacial score (nSPS) is 12.4. The minimum Gasteiger partial charge on any atom is -0.507 e. The third kappa shape index (κ3) is 8.17. The minimum atomic E-state index is -4.79. The first-order valence-electron chi connectivity index (χ1n) is 15.8. The second-order valence-corrected chi connectivity index (χ2v) is 18.5. The molecule has 0 spiro atoms. The number of anilines is 4. The van der Waals surface area contributed by atoms with Crippen LogP contribution in [0.3, 0.4) is 0 Å². The summed E-state index contributed by atoms with van der Waals surface area (Å²) in [4.78, 5) is 11.1. The van der Waals surface area contributed by atoms with Crippen molar-refractivity contribution in [2.24, 2.45) is 0 Å². The van der Waals surface area contributed by atoms with Gasteiger partial charge in [-0.3, -0.25) is 18.5 Å². The topological polar surface area (TPSA) is 283 Å². The van der Waals surface area contributed by atoms with Crippen molar-refractivity contribution in [1.82, 2.24) is 0 Å². The fourth-order valence-electron chi connectivity index (χ4n) is 5.85. The lowest BCUT2D eigenvalue weighted by atomic mass is 10.1. The highest BCUT2D eigenvalue weighted by Crippen LogP contribution is 2.38. The molecule has 0 saturated heterocycles. The number of hydrogen-bond acceptors (Lipinski definition) is 11. The molecule has 17 nitrogen and oxygen atoms in total. The first-order valence-corrected chi connectivity index (χ1v) is 21.7. The van der Waals surface area contributed by atoms with Gasteiger partial charge in [-0.05, 0) is 96.4 Å². The molecule has 0 aliphatic rings. The average molecular weight is 843 g/mol. The second-order valence-electron chi connectivity index (χ2n) is 12.4. The number of carbonyl (C=O) groups excluding carboxylic acids is 1. The maximum absolute atomic E-state index is 13.7. The van der Waals surface area contributed by atoms with Gasteiger partial charge in [-0.1, -0.05) is 36.4 Å². The van der Waals surface area contributed by atoms with Crippen LogP contribution >= 0.6 is 0 Å². The number of rotatable bonds is 10. The number of nitrogens with one attached hydrogen (secondary N) is 4. The Hall–Kier alpha value is -5.97. The molecular formula is C35H30N4O13S4. The van der Waals surface area contributed by atoms with E-state index in [0.29, 0.717) is 0 Å². The van der Waals surface area contributed by atoms with Gasteiger partial charge >= 0.3 is 6.03 Å². The number of aryl methyl sites for hydroxylation is 2. The highest BCUT2D eigenvalue weighted by molar-refractivity contribution is 7.93. The van der Waals surface area contributed by atoms with E-state index in [4.69, 9.17) is 0 Å². The summed E-state index contributed by atoms with van der Waals surface area (Å²) in [6.07, 6.45) is 0. The summed E-state index contributed by atoms with van der Waals surface area (Å²) < 4.78 is 126. The molecular weight excluding hydrogens is 813 g/mol. The lowest BCUT2D eigenvalue weighted by Gasteiger charge is -2.16. The van der Waals surface area contributed by atoms with Crippen LogP contribution < -0.4 is 20.1 Å². The maximum atomic E-state index is 13.7. The van der Waals surface area contributed by atoms with Crippen LogP contribution in [0.4, 0.5) is 27.5 Å². The number of carbonyl (C=O) groups is 1. The van der Waals surface area contributed by atoms with Crippen LogP contribution in [-0.4, -0.2) is 59.0 Å². The van der Waals surface area contributed by atoms with Gasteiger partial charge < -0.3 is 20.8 Å². The molecule has 6 rings (SSSR count). The molecule has 0 bridgehead atoms. The number of sulfonamides is 2. The quantitative estimate of drug-likeness (QED) is 0.0763. The van der Waals surface area contributed by atoms with Gasteiger partial charge in [0, 0.05) is 22.1 Å². The molecule has 0 unspecified atom stereocenters. The van der Waals surface area contributed by atoms with Gasteiger partial charge in [0.15, 0.2) is 0 Å². The summed E-state index contributed by atoms with van der Waals surface area (Å²) in [6.45, 7) is 2.90. The van der Waals surface area contributed by atoms with Gasteiger partial charge in [0.2, 0.25) is 0 Å². The summed E-state index contributed by atoms with van der Waals surface area (Å²) in [5.41, 5.74) is -0.405. The lowest BCUT2D eigenvalue weighted by molar-refractivity contribution is 0.262. The van der Waals surface area contributed by atoms with Gasteiger partial charge in [-0.2, -0.15) is 16.8 Å². The Bertz CT molecular complexity index is 2880. The third-order valence-corrected chi connectivity index (χ3v) is 13.1. The number of fused-ring (bicyclic) bond motifs is 2. The van der Waals surface area contributed by atoms with Crippen molar-refractivity contribution in [3.63, 3.8) is 0 Å². The Morgan fingerprint density at radius 3 is 1.25 bits per heavy atom. The molecule has 0 aromatic heterocycles. The highest BCUT2D eigenvalue weighted by Gasteiger charge is 2.25. The van der Waals surface area contributed by atoms with E-state index in [1.807, 2.05) is 0 Å². The lowest BCUT2D eigenvalue weighted by Crippen LogP contribution is -2.21. The molecule has 2 amide bonds. The van der Waals surface area contributed by atoms with E-state index >= 15 is 0 Å². The van der Waals surface area contributed by atoms with E-state index in [-0.39, 0.29) is 76.7 Å². The van der Waals surface area contributed by atoms with E-state index in [2.05, 4.69) is 20.1 Å². The van der Waals surface area contributed by atoms with Crippen LogP contribution in [0.15, 0.2) is 117 Å². The van der Waals surface area contributed by atoms with Crippen molar-refractivity contribution >= 4 is 90.6 Å². The zero-order chi connectivity index (χ0) is 41.0. The van der Waals surface area contributed by atoms with E-state index < -0.39 is 56.1 Å². The fourth-order valence-corrected chi connectivity index (χ4v) is 9.60. The van der Waals surface area contributed by atoms with E-state index in [1.54, 1.807) is 0 Å².